The zero-order valence-corrected chi connectivity index (χ0v) is 14.8. The first-order chi connectivity index (χ1) is 12.7. The largest absolute Gasteiger partial charge is 0.454 e. The molecule has 8 heteroatoms. The molecule has 3 aromatic rings. The first kappa shape index (κ1) is 16.5. The van der Waals surface area contributed by atoms with E-state index >= 15 is 0 Å². The summed E-state index contributed by atoms with van der Waals surface area (Å²) in [5.41, 5.74) is 1.61. The van der Waals surface area contributed by atoms with Crippen LogP contribution in [0.5, 0.6) is 11.5 Å². The van der Waals surface area contributed by atoms with Crippen LogP contribution in [0.25, 0.3) is 5.69 Å². The predicted molar refractivity (Wildman–Crippen MR) is 97.9 cm³/mol. The van der Waals surface area contributed by atoms with Crippen LogP contribution in [-0.4, -0.2) is 32.7 Å². The van der Waals surface area contributed by atoms with Gasteiger partial charge in [0.2, 0.25) is 12.7 Å². The molecular weight excluding hydrogens is 352 g/mol. The number of amides is 1. The number of para-hydroxylation sites is 1. The van der Waals surface area contributed by atoms with E-state index in [2.05, 4.69) is 15.5 Å². The van der Waals surface area contributed by atoms with Crippen LogP contribution in [0.3, 0.4) is 0 Å². The highest BCUT2D eigenvalue weighted by Crippen LogP contribution is 2.34. The molecule has 2 heterocycles. The maximum Gasteiger partial charge on any atom is 0.237 e. The number of aromatic nitrogens is 3. The molecular formula is C18H16N4O3S. The number of carbonyl (C=O) groups excluding carboxylic acids is 1. The van der Waals surface area contributed by atoms with Crippen LogP contribution >= 0.6 is 11.8 Å². The van der Waals surface area contributed by atoms with Crippen LogP contribution in [0.15, 0.2) is 60.0 Å². The molecule has 2 aromatic carbocycles. The smallest absolute Gasteiger partial charge is 0.237 e. The highest BCUT2D eigenvalue weighted by Gasteiger charge is 2.20. The van der Waals surface area contributed by atoms with E-state index in [1.807, 2.05) is 41.8 Å². The van der Waals surface area contributed by atoms with Crippen LogP contribution in [0.4, 0.5) is 5.69 Å². The van der Waals surface area contributed by atoms with Crippen molar-refractivity contribution < 1.29 is 14.3 Å². The zero-order valence-electron chi connectivity index (χ0n) is 14.0. The number of hydrogen-bond acceptors (Lipinski definition) is 6. The summed E-state index contributed by atoms with van der Waals surface area (Å²) in [6.45, 7) is 2.03. The third-order valence-electron chi connectivity index (χ3n) is 3.84. The Hall–Kier alpha value is -3.00. The van der Waals surface area contributed by atoms with Gasteiger partial charge < -0.3 is 14.8 Å². The Morgan fingerprint density at radius 1 is 1.19 bits per heavy atom. The number of nitrogens with one attached hydrogen (secondary N) is 1. The Morgan fingerprint density at radius 3 is 2.85 bits per heavy atom. The van der Waals surface area contributed by atoms with Gasteiger partial charge in [-0.05, 0) is 31.2 Å². The van der Waals surface area contributed by atoms with Gasteiger partial charge in [0.15, 0.2) is 16.7 Å². The molecule has 0 spiro atoms. The first-order valence-corrected chi connectivity index (χ1v) is 8.91. The highest BCUT2D eigenvalue weighted by molar-refractivity contribution is 8.00. The number of nitrogens with zero attached hydrogens (tertiary/aromatic N) is 3. The van der Waals surface area contributed by atoms with Crippen molar-refractivity contribution in [2.24, 2.45) is 0 Å². The third-order valence-corrected chi connectivity index (χ3v) is 4.90. The summed E-state index contributed by atoms with van der Waals surface area (Å²) in [4.78, 5) is 12.5. The molecule has 0 saturated carbocycles. The molecule has 1 N–H and O–H groups in total. The Bertz CT molecular complexity index is 929. The van der Waals surface area contributed by atoms with Crippen molar-refractivity contribution >= 4 is 23.4 Å². The minimum absolute atomic E-state index is 0.128. The summed E-state index contributed by atoms with van der Waals surface area (Å²) >= 11 is 1.35. The van der Waals surface area contributed by atoms with E-state index in [-0.39, 0.29) is 18.0 Å². The van der Waals surface area contributed by atoms with E-state index in [1.54, 1.807) is 24.5 Å². The number of hydrogen-bond donors (Lipinski definition) is 1. The molecule has 26 heavy (non-hydrogen) atoms. The molecule has 1 atom stereocenters. The molecule has 0 aliphatic carbocycles. The van der Waals surface area contributed by atoms with Crippen molar-refractivity contribution in [1.82, 2.24) is 14.8 Å². The minimum Gasteiger partial charge on any atom is -0.454 e. The summed E-state index contributed by atoms with van der Waals surface area (Å²) in [6.07, 6.45) is 1.64. The van der Waals surface area contributed by atoms with Crippen molar-refractivity contribution in [3.63, 3.8) is 0 Å². The molecule has 0 fully saturated rings. The molecule has 1 unspecified atom stereocenters. The van der Waals surface area contributed by atoms with Crippen LogP contribution in [0.1, 0.15) is 6.92 Å². The lowest BCUT2D eigenvalue weighted by atomic mass is 10.2. The van der Waals surface area contributed by atoms with Gasteiger partial charge in [-0.3, -0.25) is 9.36 Å². The fourth-order valence-electron chi connectivity index (χ4n) is 2.50. The van der Waals surface area contributed by atoms with Gasteiger partial charge in [0.25, 0.3) is 0 Å². The topological polar surface area (TPSA) is 78.3 Å². The number of rotatable bonds is 5. The Morgan fingerprint density at radius 2 is 2.00 bits per heavy atom. The lowest BCUT2D eigenvalue weighted by Gasteiger charge is -2.12. The van der Waals surface area contributed by atoms with E-state index in [1.165, 1.54) is 11.8 Å². The maximum atomic E-state index is 12.5. The fourth-order valence-corrected chi connectivity index (χ4v) is 3.34. The molecule has 1 aliphatic heterocycles. The van der Waals surface area contributed by atoms with Gasteiger partial charge in [0.1, 0.15) is 6.33 Å². The normalized spacial score (nSPS) is 13.4. The number of carbonyl (C=O) groups is 1. The molecule has 7 nitrogen and oxygen atoms in total. The van der Waals surface area contributed by atoms with Crippen molar-refractivity contribution in [1.29, 1.82) is 0 Å². The zero-order chi connectivity index (χ0) is 17.9. The van der Waals surface area contributed by atoms with Crippen LogP contribution in [-0.2, 0) is 4.79 Å². The molecule has 0 saturated heterocycles. The van der Waals surface area contributed by atoms with Crippen molar-refractivity contribution in [3.8, 4) is 17.2 Å². The van der Waals surface area contributed by atoms with Gasteiger partial charge in [-0.2, -0.15) is 0 Å². The second-order valence-electron chi connectivity index (χ2n) is 5.64. The van der Waals surface area contributed by atoms with Gasteiger partial charge in [-0.1, -0.05) is 30.0 Å². The Kier molecular flexibility index (Phi) is 4.49. The van der Waals surface area contributed by atoms with Gasteiger partial charge >= 0.3 is 0 Å². The molecule has 0 radical (unpaired) electrons. The lowest BCUT2D eigenvalue weighted by molar-refractivity contribution is -0.115. The second-order valence-corrected chi connectivity index (χ2v) is 6.94. The Labute approximate surface area is 154 Å². The average Bonchev–Trinajstić information content (AvgIpc) is 3.31. The maximum absolute atomic E-state index is 12.5. The van der Waals surface area contributed by atoms with E-state index < -0.39 is 0 Å². The highest BCUT2D eigenvalue weighted by atomic mass is 32.2. The SMILES string of the molecule is CC(Sc1nncn1-c1ccccc1)C(=O)Nc1ccc2c(c1)OCO2. The molecule has 132 valence electrons. The van der Waals surface area contributed by atoms with Crippen LogP contribution in [0.2, 0.25) is 0 Å². The molecule has 0 bridgehead atoms. The van der Waals surface area contributed by atoms with Gasteiger partial charge in [0.05, 0.1) is 5.25 Å². The van der Waals surface area contributed by atoms with E-state index in [0.29, 0.717) is 22.3 Å². The first-order valence-electron chi connectivity index (χ1n) is 8.03. The van der Waals surface area contributed by atoms with Gasteiger partial charge in [-0.15, -0.1) is 10.2 Å². The van der Waals surface area contributed by atoms with E-state index in [9.17, 15) is 4.79 Å². The van der Waals surface area contributed by atoms with Crippen LogP contribution < -0.4 is 14.8 Å². The van der Waals surface area contributed by atoms with Crippen molar-refractivity contribution in [2.75, 3.05) is 12.1 Å². The number of benzene rings is 2. The van der Waals surface area contributed by atoms with Crippen molar-refractivity contribution in [3.05, 3.63) is 54.9 Å². The third kappa shape index (κ3) is 3.36. The lowest BCUT2D eigenvalue weighted by Crippen LogP contribution is -2.22. The van der Waals surface area contributed by atoms with E-state index in [0.717, 1.165) is 5.69 Å². The quantitative estimate of drug-likeness (QED) is 0.697. The fraction of sp³-hybridized carbons (Fsp3) is 0.167. The summed E-state index contributed by atoms with van der Waals surface area (Å²) in [5.74, 6) is 1.18. The number of thioether (sulfide) groups is 1. The van der Waals surface area contributed by atoms with Crippen LogP contribution in [0, 0.1) is 0 Å². The molecule has 1 aromatic heterocycles. The monoisotopic (exact) mass is 368 g/mol. The van der Waals surface area contributed by atoms with Gasteiger partial charge in [0, 0.05) is 17.4 Å². The van der Waals surface area contributed by atoms with E-state index in [4.69, 9.17) is 9.47 Å². The predicted octanol–water partition coefficient (Wildman–Crippen LogP) is 3.12. The summed E-state index contributed by atoms with van der Waals surface area (Å²) < 4.78 is 12.5. The molecule has 1 aliphatic rings. The summed E-state index contributed by atoms with van der Waals surface area (Å²) in [6, 6.07) is 15.1. The molecule has 4 rings (SSSR count). The number of anilines is 1. The standard InChI is InChI=1S/C18H16N4O3S/c1-12(17(23)20-13-7-8-15-16(9-13)25-11-24-15)26-18-21-19-10-22(18)14-5-3-2-4-6-14/h2-10,12H,11H2,1H3,(H,20,23). The summed E-state index contributed by atoms with van der Waals surface area (Å²) in [7, 11) is 0. The summed E-state index contributed by atoms with van der Waals surface area (Å²) in [5, 5.41) is 11.3. The van der Waals surface area contributed by atoms with Gasteiger partial charge in [-0.25, -0.2) is 0 Å². The molecule has 1 amide bonds. The second kappa shape index (κ2) is 7.09. The van der Waals surface area contributed by atoms with Crippen molar-refractivity contribution in [2.45, 2.75) is 17.3 Å². The number of fused-ring (bicyclic) bond motifs is 1. The Balaban J connectivity index is 1.45. The average molecular weight is 368 g/mol. The number of ether oxygens (including phenoxy) is 2. The minimum atomic E-state index is -0.355.